The van der Waals surface area contributed by atoms with E-state index in [1.54, 1.807) is 13.8 Å². The smallest absolute Gasteiger partial charge is 0.311 e. The van der Waals surface area contributed by atoms with Gasteiger partial charge in [-0.3, -0.25) is 4.79 Å². The summed E-state index contributed by atoms with van der Waals surface area (Å²) < 4.78 is 27.3. The largest absolute Gasteiger partial charge is 0.549 e. The second-order valence-corrected chi connectivity index (χ2v) is 6.88. The molecule has 0 amide bonds. The summed E-state index contributed by atoms with van der Waals surface area (Å²) in [6, 6.07) is 0. The van der Waals surface area contributed by atoms with Gasteiger partial charge in [0.2, 0.25) is 0 Å². The summed E-state index contributed by atoms with van der Waals surface area (Å²) in [6.07, 6.45) is 0.704. The lowest BCUT2D eigenvalue weighted by Crippen LogP contribution is -2.32. The summed E-state index contributed by atoms with van der Waals surface area (Å²) in [5.41, 5.74) is -0.593. The second kappa shape index (κ2) is 6.72. The van der Waals surface area contributed by atoms with Gasteiger partial charge in [-0.25, -0.2) is 8.42 Å². The molecule has 0 saturated carbocycles. The van der Waals surface area contributed by atoms with Crippen LogP contribution in [0.2, 0.25) is 0 Å². The molecule has 0 unspecified atom stereocenters. The van der Waals surface area contributed by atoms with Crippen LogP contribution in [0.15, 0.2) is 0 Å². The Balaban J connectivity index is 4.02. The standard InChI is InChI=1S/C11H20O6S/c1-4-11(2,3)10(14)17-6-5-7-18(15,16)8-9(12)13/h4-8H2,1-3H3,(H,12,13)/p-1. The molecule has 0 atom stereocenters. The molecule has 0 bridgehead atoms. The number of hydrogen-bond donors (Lipinski definition) is 0. The molecular weight excluding hydrogens is 260 g/mol. The van der Waals surface area contributed by atoms with Crippen molar-refractivity contribution in [2.45, 2.75) is 33.6 Å². The van der Waals surface area contributed by atoms with Gasteiger partial charge in [0.15, 0.2) is 9.84 Å². The third-order valence-electron chi connectivity index (χ3n) is 2.61. The normalized spacial score (nSPS) is 12.2. The van der Waals surface area contributed by atoms with E-state index in [1.807, 2.05) is 6.92 Å². The van der Waals surface area contributed by atoms with Gasteiger partial charge in [0, 0.05) is 0 Å². The number of rotatable bonds is 8. The minimum Gasteiger partial charge on any atom is -0.549 e. The van der Waals surface area contributed by atoms with Gasteiger partial charge in [-0.15, -0.1) is 0 Å². The highest BCUT2D eigenvalue weighted by molar-refractivity contribution is 7.92. The Hall–Kier alpha value is -1.11. The summed E-state index contributed by atoms with van der Waals surface area (Å²) in [6.45, 7) is 5.30. The van der Waals surface area contributed by atoms with Gasteiger partial charge in [0.1, 0.15) is 0 Å². The summed E-state index contributed by atoms with van der Waals surface area (Å²) in [5.74, 6) is -3.34. The summed E-state index contributed by atoms with van der Waals surface area (Å²) in [4.78, 5) is 21.7. The molecule has 0 aliphatic carbocycles. The van der Waals surface area contributed by atoms with Crippen molar-refractivity contribution in [2.24, 2.45) is 5.41 Å². The first kappa shape index (κ1) is 16.9. The fourth-order valence-electron chi connectivity index (χ4n) is 1.04. The quantitative estimate of drug-likeness (QED) is 0.439. The maximum absolute atomic E-state index is 11.5. The molecule has 0 aliphatic heterocycles. The predicted molar refractivity (Wildman–Crippen MR) is 63.3 cm³/mol. The van der Waals surface area contributed by atoms with Gasteiger partial charge in [0.05, 0.1) is 29.5 Å². The number of aliphatic carboxylic acids is 1. The number of esters is 1. The molecule has 0 aromatic carbocycles. The van der Waals surface area contributed by atoms with E-state index in [9.17, 15) is 23.1 Å². The average Bonchev–Trinajstić information content (AvgIpc) is 2.22. The Bertz CT molecular complexity index is 396. The molecule has 0 saturated heterocycles. The first-order valence-corrected chi connectivity index (χ1v) is 7.50. The molecule has 106 valence electrons. The zero-order valence-corrected chi connectivity index (χ0v) is 11.7. The number of hydrogen-bond acceptors (Lipinski definition) is 6. The zero-order chi connectivity index (χ0) is 14.4. The van der Waals surface area contributed by atoms with E-state index in [-0.39, 0.29) is 24.7 Å². The summed E-state index contributed by atoms with van der Waals surface area (Å²) >= 11 is 0. The van der Waals surface area contributed by atoms with Gasteiger partial charge in [-0.1, -0.05) is 6.92 Å². The van der Waals surface area contributed by atoms with Crippen LogP contribution in [-0.2, 0) is 24.2 Å². The van der Waals surface area contributed by atoms with Crippen LogP contribution in [-0.4, -0.2) is 38.5 Å². The van der Waals surface area contributed by atoms with Crippen molar-refractivity contribution >= 4 is 21.8 Å². The monoisotopic (exact) mass is 279 g/mol. The molecule has 0 fully saturated rings. The molecule has 0 N–H and O–H groups in total. The molecule has 0 rings (SSSR count). The van der Waals surface area contributed by atoms with E-state index in [0.717, 1.165) is 0 Å². The Morgan fingerprint density at radius 2 is 1.83 bits per heavy atom. The first-order valence-electron chi connectivity index (χ1n) is 5.68. The third kappa shape index (κ3) is 6.58. The number of carboxylic acids is 1. The second-order valence-electron chi connectivity index (χ2n) is 4.69. The van der Waals surface area contributed by atoms with Gasteiger partial charge >= 0.3 is 5.97 Å². The van der Waals surface area contributed by atoms with Gasteiger partial charge in [-0.05, 0) is 26.7 Å². The lowest BCUT2D eigenvalue weighted by atomic mass is 9.91. The Morgan fingerprint density at radius 1 is 1.28 bits per heavy atom. The van der Waals surface area contributed by atoms with E-state index in [2.05, 4.69) is 0 Å². The Labute approximate surface area is 107 Å². The van der Waals surface area contributed by atoms with Crippen LogP contribution in [0.5, 0.6) is 0 Å². The third-order valence-corrected chi connectivity index (χ3v) is 4.19. The molecule has 18 heavy (non-hydrogen) atoms. The Kier molecular flexibility index (Phi) is 6.31. The number of carbonyl (C=O) groups excluding carboxylic acids is 2. The van der Waals surface area contributed by atoms with Crippen LogP contribution >= 0.6 is 0 Å². The molecular formula is C11H19O6S-. The summed E-state index contributed by atoms with van der Waals surface area (Å²) in [7, 11) is -3.67. The minimum atomic E-state index is -3.67. The van der Waals surface area contributed by atoms with E-state index >= 15 is 0 Å². The van der Waals surface area contributed by atoms with Crippen molar-refractivity contribution in [3.63, 3.8) is 0 Å². The van der Waals surface area contributed by atoms with Crippen molar-refractivity contribution in [3.8, 4) is 0 Å². The van der Waals surface area contributed by atoms with Crippen molar-refractivity contribution < 1.29 is 27.9 Å². The highest BCUT2D eigenvalue weighted by atomic mass is 32.2. The fourth-order valence-corrected chi connectivity index (χ4v) is 2.10. The van der Waals surface area contributed by atoms with Crippen molar-refractivity contribution in [1.29, 1.82) is 0 Å². The molecule has 0 spiro atoms. The van der Waals surface area contributed by atoms with Crippen molar-refractivity contribution in [1.82, 2.24) is 0 Å². The number of ether oxygens (including phenoxy) is 1. The topological polar surface area (TPSA) is 101 Å². The van der Waals surface area contributed by atoms with Gasteiger partial charge < -0.3 is 14.6 Å². The van der Waals surface area contributed by atoms with Crippen LogP contribution in [0.3, 0.4) is 0 Å². The van der Waals surface area contributed by atoms with Crippen LogP contribution in [0, 0.1) is 5.41 Å². The molecule has 0 aromatic heterocycles. The Morgan fingerprint density at radius 3 is 2.28 bits per heavy atom. The maximum atomic E-state index is 11.5. The average molecular weight is 279 g/mol. The fraction of sp³-hybridized carbons (Fsp3) is 0.818. The molecule has 6 nitrogen and oxygen atoms in total. The van der Waals surface area contributed by atoms with E-state index in [1.165, 1.54) is 0 Å². The van der Waals surface area contributed by atoms with E-state index in [0.29, 0.717) is 6.42 Å². The number of carbonyl (C=O) groups is 2. The number of carboxylic acid groups (broad SMARTS) is 1. The molecule has 0 aliphatic rings. The molecule has 7 heteroatoms. The SMILES string of the molecule is CCC(C)(C)C(=O)OCCCS(=O)(=O)CC(=O)[O-]. The first-order chi connectivity index (χ1) is 8.10. The predicted octanol–water partition coefficient (Wildman–Crippen LogP) is -0.479. The minimum absolute atomic E-state index is 0.0332. The van der Waals surface area contributed by atoms with E-state index < -0.39 is 27.0 Å². The van der Waals surface area contributed by atoms with Crippen molar-refractivity contribution in [2.75, 3.05) is 18.1 Å². The van der Waals surface area contributed by atoms with Gasteiger partial charge in [-0.2, -0.15) is 0 Å². The highest BCUT2D eigenvalue weighted by Crippen LogP contribution is 2.21. The highest BCUT2D eigenvalue weighted by Gasteiger charge is 2.26. The van der Waals surface area contributed by atoms with E-state index in [4.69, 9.17) is 4.74 Å². The lowest BCUT2D eigenvalue weighted by molar-refractivity contribution is -0.301. The number of sulfone groups is 1. The molecule has 0 heterocycles. The molecule has 0 radical (unpaired) electrons. The van der Waals surface area contributed by atoms with Crippen LogP contribution in [0.25, 0.3) is 0 Å². The van der Waals surface area contributed by atoms with Crippen LogP contribution in [0.1, 0.15) is 33.6 Å². The maximum Gasteiger partial charge on any atom is 0.311 e. The van der Waals surface area contributed by atoms with Crippen molar-refractivity contribution in [3.05, 3.63) is 0 Å². The van der Waals surface area contributed by atoms with Crippen LogP contribution in [0.4, 0.5) is 0 Å². The van der Waals surface area contributed by atoms with Gasteiger partial charge in [0.25, 0.3) is 0 Å². The van der Waals surface area contributed by atoms with Crippen LogP contribution < -0.4 is 5.11 Å². The molecule has 0 aromatic rings. The summed E-state index contributed by atoms with van der Waals surface area (Å²) in [5, 5.41) is 10.2. The zero-order valence-electron chi connectivity index (χ0n) is 10.9. The lowest BCUT2D eigenvalue weighted by Gasteiger charge is -2.20.